The molecular weight excluding hydrogens is 1580 g/mol. The molecule has 8 atom stereocenters. The van der Waals surface area contributed by atoms with Crippen molar-refractivity contribution in [2.75, 3.05) is 14.2 Å². The van der Waals surface area contributed by atoms with E-state index in [1.807, 2.05) is 40.7 Å². The molecule has 0 bridgehead atoms. The van der Waals surface area contributed by atoms with Crippen LogP contribution in [0.15, 0.2) is 127 Å². The number of ether oxygens (including phenoxy) is 7. The highest BCUT2D eigenvalue weighted by Gasteiger charge is 2.48. The summed E-state index contributed by atoms with van der Waals surface area (Å²) < 4.78 is 52.1. The lowest BCUT2D eigenvalue weighted by molar-refractivity contribution is -0.327. The lowest BCUT2D eigenvalue weighted by Crippen LogP contribution is -2.51. The molecule has 0 N–H and O–H groups in total. The van der Waals surface area contributed by atoms with Gasteiger partial charge in [0.25, 0.3) is 0 Å². The molecule has 121 heavy (non-hydrogen) atoms. The Hall–Kier alpha value is -6.23. The van der Waals surface area contributed by atoms with Gasteiger partial charge in [0.1, 0.15) is 47.7 Å². The second-order valence-electron chi connectivity index (χ2n) is 36.6. The second-order valence-corrected chi connectivity index (χ2v) is 48.4. The van der Waals surface area contributed by atoms with Crippen molar-refractivity contribution in [3.8, 4) is 0 Å². The molecule has 4 fully saturated rings. The van der Waals surface area contributed by atoms with Crippen molar-refractivity contribution in [3.05, 3.63) is 127 Å². The summed E-state index contributed by atoms with van der Waals surface area (Å²) in [5.41, 5.74) is 2.54. The van der Waals surface area contributed by atoms with Crippen LogP contribution < -0.4 is 15.9 Å². The van der Waals surface area contributed by atoms with Gasteiger partial charge >= 0.3 is 17.9 Å². The van der Waals surface area contributed by atoms with Crippen LogP contribution in [0.2, 0.25) is 36.3 Å². The molecule has 1 unspecified atom stereocenters. The zero-order chi connectivity index (χ0) is 91.6. The fourth-order valence-corrected chi connectivity index (χ4v) is 19.2. The van der Waals surface area contributed by atoms with Crippen LogP contribution in [0.1, 0.15) is 324 Å². The van der Waals surface area contributed by atoms with E-state index in [0.29, 0.717) is 69.5 Å². The van der Waals surface area contributed by atoms with Crippen molar-refractivity contribution >= 4 is 93.6 Å². The standard InChI is InChI=1S/C22H38O6.C19H30O5.C18H15P.C16H32O2Si.C13H26O3Si.C10H16O2.C2H6/c1-5-18-15-20(28-22(27-18)12-8-9-13-22)19(26-17(3)23)11-7-6-10-16(2)14-21(24)25-4;1-14(12-18(21)22-3)8-4-5-9-16(20)17-13-15(2)23-19(24-17)10-6-7-11-19;1-4-10-16(11-5-1)19(17-12-6-2-7-13-17)18-14-8-3-9-15-18;1-13(2)10-9-11-15(12-14(3)17)18-19(7,8)16(4,5)6;1-11(15)10-12(8-7-9-14)16-17(5,6)13(2,3)4;1-8(2)5-4-6-10(12)7-9(3)11;1-2/h16,18-20H,5-15H2,1-4H3;14,17H,2,4-13H2,1,3H3;1-15H;10,15H,9,11-12H2,1-8H3;9,12H,7-8,10H2,1-6H3;5H,4,6-7H2,1-3H3;1-2H3/t16-,18?,19-,20-;14-,17-;;15-;12-;;/m11.11../s1. The van der Waals surface area contributed by atoms with Gasteiger partial charge in [-0.2, -0.15) is 0 Å². The normalized spacial score (nSPS) is 17.6. The number of allylic oxidation sites excluding steroid dienone is 4. The summed E-state index contributed by atoms with van der Waals surface area (Å²) in [7, 11) is -1.25. The van der Waals surface area contributed by atoms with Gasteiger partial charge in [-0.15, -0.1) is 0 Å². The van der Waals surface area contributed by atoms with Crippen LogP contribution >= 0.6 is 7.92 Å². The molecule has 3 aromatic rings. The van der Waals surface area contributed by atoms with Crippen LogP contribution in [0.25, 0.3) is 0 Å². The summed E-state index contributed by atoms with van der Waals surface area (Å²) >= 11 is 0. The quantitative estimate of drug-likeness (QED) is 0.00752. The lowest BCUT2D eigenvalue weighted by Gasteiger charge is -2.44. The zero-order valence-electron chi connectivity index (χ0n) is 79.7. The largest absolute Gasteiger partial charge is 0.469 e. The number of hydrogen-bond acceptors (Lipinski definition) is 18. The number of esters is 3. The highest BCUT2D eigenvalue weighted by Crippen LogP contribution is 2.45. The molecule has 3 aromatic carbocycles. The number of benzene rings is 3. The molecule has 2 heterocycles. The summed E-state index contributed by atoms with van der Waals surface area (Å²) in [6.07, 6.45) is 27.8. The molecule has 2 aliphatic heterocycles. The number of Topliss-reactive ketones (excluding diaryl/α,β-unsaturated/α-hetero) is 5. The summed E-state index contributed by atoms with van der Waals surface area (Å²) in [5, 5.41) is 4.52. The highest BCUT2D eigenvalue weighted by molar-refractivity contribution is 7.79. The maximum atomic E-state index is 12.5. The number of ketones is 5. The average Bonchev–Trinajstić information content (AvgIpc) is 1.64. The average molecular weight is 1740 g/mol. The van der Waals surface area contributed by atoms with Crippen LogP contribution in [0.4, 0.5) is 0 Å². The first kappa shape index (κ1) is 113. The second kappa shape index (κ2) is 59.6. The lowest BCUT2D eigenvalue weighted by atomic mass is 9.95. The Morgan fingerprint density at radius 2 is 0.950 bits per heavy atom. The number of unbranched alkanes of at least 4 members (excludes halogenated alkanes) is 2. The minimum absolute atomic E-state index is 0.0417. The first-order valence-electron chi connectivity index (χ1n) is 45.1. The van der Waals surface area contributed by atoms with E-state index in [4.69, 9.17) is 37.3 Å². The number of hydrogen-bond donors (Lipinski definition) is 0. The zero-order valence-corrected chi connectivity index (χ0v) is 82.6. The van der Waals surface area contributed by atoms with Gasteiger partial charge in [-0.3, -0.25) is 38.4 Å². The fraction of sp³-hybridized carbons (Fsp3) is 0.670. The van der Waals surface area contributed by atoms with E-state index in [-0.39, 0.29) is 99.8 Å². The fourth-order valence-electron chi connectivity index (χ4n) is 14.1. The van der Waals surface area contributed by atoms with Gasteiger partial charge in [-0.05, 0) is 197 Å². The topological polar surface area (TPSA) is 237 Å². The van der Waals surface area contributed by atoms with E-state index in [9.17, 15) is 43.2 Å². The summed E-state index contributed by atoms with van der Waals surface area (Å²) in [4.78, 5) is 101. The van der Waals surface area contributed by atoms with Crippen LogP contribution in [-0.4, -0.2) is 132 Å². The van der Waals surface area contributed by atoms with Gasteiger partial charge in [0.2, 0.25) is 5.79 Å². The van der Waals surface area contributed by atoms with Crippen molar-refractivity contribution in [2.24, 2.45) is 11.8 Å². The van der Waals surface area contributed by atoms with Crippen LogP contribution in [0, 0.1) is 11.8 Å². The predicted octanol–water partition coefficient (Wildman–Crippen LogP) is 23.6. The van der Waals surface area contributed by atoms with Crippen molar-refractivity contribution in [1.29, 1.82) is 0 Å². The minimum atomic E-state index is -1.85. The van der Waals surface area contributed by atoms with Gasteiger partial charge in [0, 0.05) is 90.4 Å². The Bertz CT molecular complexity index is 3450. The van der Waals surface area contributed by atoms with Crippen LogP contribution in [-0.2, 0) is 85.2 Å². The Labute approximate surface area is 735 Å². The third kappa shape index (κ3) is 48.2. The number of rotatable bonds is 40. The number of carbonyl (C=O) groups excluding carboxylic acids is 9. The number of aldehydes is 1. The summed E-state index contributed by atoms with van der Waals surface area (Å²) in [6.45, 7) is 50.6. The number of methoxy groups -OCH3 is 2. The van der Waals surface area contributed by atoms with Crippen molar-refractivity contribution in [2.45, 2.75) is 409 Å². The molecule has 2 saturated heterocycles. The maximum Gasteiger partial charge on any atom is 0.305 e. The monoisotopic (exact) mass is 1740 g/mol. The molecule has 21 heteroatoms. The molecule has 0 aromatic heterocycles. The van der Waals surface area contributed by atoms with Crippen molar-refractivity contribution < 1.29 is 85.2 Å². The molecule has 0 amide bonds. The SMILES string of the molecule is C=C1C[C@H](C(=O)CCCC[C@@H](C)CC(=O)OC)OC2(CCCC2)O1.CC.CC(=O)CC(=O)CCC=C(C)C.CC(=O)C[C@@H](CCC=C(C)C)O[Si](C)(C)C(C)(C)C.CC(=O)C[C@@H](CCC=O)O[Si](C)(C)C(C)(C)C.CCC1C[C@H]([C@@H](CCCC[C@@H](C)CC(=O)OC)OC(C)=O)OC2(CCCC2)O1.c1ccc(P(c2ccccc2)c2ccccc2)cc1. The van der Waals surface area contributed by atoms with E-state index < -0.39 is 42.2 Å². The number of carbonyl (C=O) groups is 9. The molecule has 4 aliphatic rings. The molecular formula is C100H163O18PSi2. The third-order valence-corrected chi connectivity index (χ3v) is 34.1. The van der Waals surface area contributed by atoms with Gasteiger partial charge in [-0.1, -0.05) is 223 Å². The Balaban J connectivity index is 0.000000735. The maximum absolute atomic E-state index is 12.5. The summed E-state index contributed by atoms with van der Waals surface area (Å²) in [6, 6.07) is 32.3. The van der Waals surface area contributed by atoms with Crippen molar-refractivity contribution in [1.82, 2.24) is 0 Å². The van der Waals surface area contributed by atoms with E-state index in [1.165, 1.54) is 55.1 Å². The van der Waals surface area contributed by atoms with Gasteiger partial charge in [0.05, 0.1) is 44.7 Å². The molecule has 2 aliphatic carbocycles. The van der Waals surface area contributed by atoms with Crippen LogP contribution in [0.5, 0.6) is 0 Å². The molecule has 18 nitrogen and oxygen atoms in total. The Kier molecular flexibility index (Phi) is 55.6. The molecule has 684 valence electrons. The van der Waals surface area contributed by atoms with Gasteiger partial charge in [-0.25, -0.2) is 0 Å². The van der Waals surface area contributed by atoms with Crippen molar-refractivity contribution in [3.63, 3.8) is 0 Å². The third-order valence-electron chi connectivity index (χ3n) is 22.6. The first-order chi connectivity index (χ1) is 56.8. The van der Waals surface area contributed by atoms with E-state index >= 15 is 0 Å². The Morgan fingerprint density at radius 3 is 1.34 bits per heavy atom. The van der Waals surface area contributed by atoms with E-state index in [1.54, 1.807) is 13.8 Å². The van der Waals surface area contributed by atoms with E-state index in [0.717, 1.165) is 135 Å². The molecule has 0 radical (unpaired) electrons. The molecule has 2 spiro atoms. The molecule has 7 rings (SSSR count). The van der Waals surface area contributed by atoms with Crippen LogP contribution in [0.3, 0.4) is 0 Å². The first-order valence-corrected chi connectivity index (χ1v) is 52.2. The molecule has 2 saturated carbocycles. The predicted molar refractivity (Wildman–Crippen MR) is 500 cm³/mol. The smallest absolute Gasteiger partial charge is 0.305 e. The highest BCUT2D eigenvalue weighted by atomic mass is 31.1. The van der Waals surface area contributed by atoms with Gasteiger partial charge < -0.3 is 46.8 Å². The Morgan fingerprint density at radius 1 is 0.537 bits per heavy atom. The van der Waals surface area contributed by atoms with E-state index in [2.05, 4.69) is 204 Å². The summed E-state index contributed by atoms with van der Waals surface area (Å²) in [5.74, 6) is 0.0910. The minimum Gasteiger partial charge on any atom is -0.469 e. The van der Waals surface area contributed by atoms with Gasteiger partial charge in [0.15, 0.2) is 28.2 Å².